The van der Waals surface area contributed by atoms with E-state index in [0.29, 0.717) is 25.8 Å². The second-order valence-electron chi connectivity index (χ2n) is 5.45. The van der Waals surface area contributed by atoms with E-state index in [0.717, 1.165) is 13.0 Å². The number of nitrogens with one attached hydrogen (secondary N) is 1. The van der Waals surface area contributed by atoms with E-state index in [-0.39, 0.29) is 24.3 Å². The third kappa shape index (κ3) is 6.39. The van der Waals surface area contributed by atoms with E-state index in [1.165, 1.54) is 0 Å². The lowest BCUT2D eigenvalue weighted by molar-refractivity contribution is -0.170. The van der Waals surface area contributed by atoms with Crippen LogP contribution in [0.3, 0.4) is 0 Å². The van der Waals surface area contributed by atoms with Crippen LogP contribution in [0.15, 0.2) is 12.7 Å². The van der Waals surface area contributed by atoms with Crippen molar-refractivity contribution >= 4 is 11.8 Å². The van der Waals surface area contributed by atoms with Crippen molar-refractivity contribution in [2.24, 2.45) is 0 Å². The highest BCUT2D eigenvalue weighted by Crippen LogP contribution is 2.17. The van der Waals surface area contributed by atoms with Crippen LogP contribution in [0.25, 0.3) is 0 Å². The lowest BCUT2D eigenvalue weighted by Crippen LogP contribution is -2.50. The Kier molecular flexibility index (Phi) is 9.01. The fraction of sp³-hybridized carbons (Fsp3) is 0.750. The van der Waals surface area contributed by atoms with Gasteiger partial charge < -0.3 is 14.2 Å². The molecule has 132 valence electrons. The highest BCUT2D eigenvalue weighted by atomic mass is 16.7. The van der Waals surface area contributed by atoms with E-state index >= 15 is 0 Å². The van der Waals surface area contributed by atoms with E-state index < -0.39 is 6.10 Å². The third-order valence-corrected chi connectivity index (χ3v) is 3.71. The molecule has 23 heavy (non-hydrogen) atoms. The number of hydrogen-bond acceptors (Lipinski definition) is 6. The second kappa shape index (κ2) is 10.5. The fourth-order valence-electron chi connectivity index (χ4n) is 2.50. The molecule has 0 aromatic heterocycles. The number of ether oxygens (including phenoxy) is 3. The zero-order valence-electron chi connectivity index (χ0n) is 14.2. The Bertz CT molecular complexity index is 398. The molecule has 1 aliphatic heterocycles. The molecule has 7 heteroatoms. The molecule has 0 bridgehead atoms. The predicted molar refractivity (Wildman–Crippen MR) is 85.5 cm³/mol. The van der Waals surface area contributed by atoms with Crippen molar-refractivity contribution in [3.05, 3.63) is 12.7 Å². The quantitative estimate of drug-likeness (QED) is 0.347. The molecule has 0 aromatic carbocycles. The van der Waals surface area contributed by atoms with E-state index in [9.17, 15) is 9.59 Å². The van der Waals surface area contributed by atoms with Crippen LogP contribution < -0.4 is 5.32 Å². The molecule has 1 rings (SSSR count). The Morgan fingerprint density at radius 1 is 1.39 bits per heavy atom. The van der Waals surface area contributed by atoms with E-state index in [2.05, 4.69) is 23.7 Å². The summed E-state index contributed by atoms with van der Waals surface area (Å²) in [5, 5.41) is 2.31. The Morgan fingerprint density at radius 2 is 2.09 bits per heavy atom. The van der Waals surface area contributed by atoms with Gasteiger partial charge in [-0.25, -0.2) is 0 Å². The van der Waals surface area contributed by atoms with Crippen molar-refractivity contribution < 1.29 is 23.8 Å². The third-order valence-electron chi connectivity index (χ3n) is 3.71. The maximum atomic E-state index is 11.9. The largest absolute Gasteiger partial charge is 0.355 e. The highest BCUT2D eigenvalue weighted by Gasteiger charge is 2.31. The number of imide groups is 1. The van der Waals surface area contributed by atoms with Gasteiger partial charge >= 0.3 is 0 Å². The fourth-order valence-corrected chi connectivity index (χ4v) is 2.50. The van der Waals surface area contributed by atoms with Gasteiger partial charge in [-0.05, 0) is 12.8 Å². The number of hydrogen-bond donors (Lipinski definition) is 1. The van der Waals surface area contributed by atoms with Crippen LogP contribution in [-0.2, 0) is 23.8 Å². The van der Waals surface area contributed by atoms with Gasteiger partial charge in [-0.15, -0.1) is 6.58 Å². The zero-order valence-corrected chi connectivity index (χ0v) is 14.2. The first-order valence-electron chi connectivity index (χ1n) is 7.95. The number of carbonyl (C=O) groups is 2. The molecule has 2 amide bonds. The molecule has 1 fully saturated rings. The molecular formula is C16H28N2O5. The van der Waals surface area contributed by atoms with Crippen LogP contribution in [0.2, 0.25) is 0 Å². The molecule has 1 saturated heterocycles. The molecular weight excluding hydrogens is 300 g/mol. The van der Waals surface area contributed by atoms with Crippen molar-refractivity contribution in [1.29, 1.82) is 0 Å². The summed E-state index contributed by atoms with van der Waals surface area (Å²) in [5.41, 5.74) is 0. The number of rotatable bonds is 11. The molecule has 0 radical (unpaired) electrons. The Balaban J connectivity index is 2.76. The number of methoxy groups -OCH3 is 2. The summed E-state index contributed by atoms with van der Waals surface area (Å²) >= 11 is 0. The maximum Gasteiger partial charge on any atom is 0.255 e. The van der Waals surface area contributed by atoms with E-state index in [4.69, 9.17) is 14.2 Å². The summed E-state index contributed by atoms with van der Waals surface area (Å²) in [6.07, 6.45) is 2.63. The van der Waals surface area contributed by atoms with Gasteiger partial charge in [-0.3, -0.25) is 19.8 Å². The molecule has 0 aliphatic carbocycles. The molecule has 1 aliphatic rings. The van der Waals surface area contributed by atoms with Crippen LogP contribution in [0, 0.1) is 0 Å². The lowest BCUT2D eigenvalue weighted by atomic mass is 10.1. The van der Waals surface area contributed by atoms with Crippen LogP contribution in [0.1, 0.15) is 32.6 Å². The Labute approximate surface area is 137 Å². The van der Waals surface area contributed by atoms with Crippen molar-refractivity contribution in [3.63, 3.8) is 0 Å². The van der Waals surface area contributed by atoms with Gasteiger partial charge in [0.05, 0.1) is 6.54 Å². The number of carbonyl (C=O) groups excluding carboxylic acids is 2. The number of nitrogens with zero attached hydrogens (tertiary/aromatic N) is 1. The van der Waals surface area contributed by atoms with Gasteiger partial charge in [0.25, 0.3) is 5.91 Å². The molecule has 2 unspecified atom stereocenters. The summed E-state index contributed by atoms with van der Waals surface area (Å²) < 4.78 is 16.5. The molecule has 2 atom stereocenters. The second-order valence-corrected chi connectivity index (χ2v) is 5.45. The summed E-state index contributed by atoms with van der Waals surface area (Å²) in [4.78, 5) is 25.2. The number of piperidine rings is 1. The summed E-state index contributed by atoms with van der Waals surface area (Å²) in [6.45, 7) is 7.12. The van der Waals surface area contributed by atoms with Crippen molar-refractivity contribution in [3.8, 4) is 0 Å². The normalized spacial score (nSPS) is 20.0. The molecule has 7 nitrogen and oxygen atoms in total. The van der Waals surface area contributed by atoms with Crippen molar-refractivity contribution in [1.82, 2.24) is 10.2 Å². The first kappa shape index (κ1) is 19.8. The van der Waals surface area contributed by atoms with Gasteiger partial charge in [0.1, 0.15) is 12.3 Å². The topological polar surface area (TPSA) is 77.1 Å². The molecule has 1 N–H and O–H groups in total. The van der Waals surface area contributed by atoms with Gasteiger partial charge in [-0.1, -0.05) is 13.0 Å². The van der Waals surface area contributed by atoms with Gasteiger partial charge in [-0.2, -0.15) is 0 Å². The Morgan fingerprint density at radius 3 is 2.61 bits per heavy atom. The first-order valence-corrected chi connectivity index (χ1v) is 7.95. The van der Waals surface area contributed by atoms with Gasteiger partial charge in [0.2, 0.25) is 5.91 Å². The van der Waals surface area contributed by atoms with E-state index in [1.807, 2.05) is 0 Å². The standard InChI is InChI=1S/C16H28N2O5/c1-5-7-14(18(10-6-2)11-15(21-3)22-4)23-12-8-9-13(19)17-16(12)20/h5,12,14-15H,1,6-11H2,2-4H3,(H,17,19,20). The maximum absolute atomic E-state index is 11.9. The molecule has 0 saturated carbocycles. The summed E-state index contributed by atoms with van der Waals surface area (Å²) in [6, 6.07) is 0. The predicted octanol–water partition coefficient (Wildman–Crippen LogP) is 1.04. The van der Waals surface area contributed by atoms with Crippen LogP contribution in [-0.4, -0.2) is 62.6 Å². The van der Waals surface area contributed by atoms with E-state index in [1.54, 1.807) is 20.3 Å². The van der Waals surface area contributed by atoms with Crippen molar-refractivity contribution in [2.75, 3.05) is 27.3 Å². The zero-order chi connectivity index (χ0) is 17.2. The van der Waals surface area contributed by atoms with Crippen LogP contribution in [0.5, 0.6) is 0 Å². The minimum Gasteiger partial charge on any atom is -0.355 e. The number of amides is 2. The van der Waals surface area contributed by atoms with Gasteiger partial charge in [0.15, 0.2) is 6.29 Å². The van der Waals surface area contributed by atoms with Crippen LogP contribution >= 0.6 is 0 Å². The average Bonchev–Trinajstić information content (AvgIpc) is 2.53. The molecule has 0 spiro atoms. The summed E-state index contributed by atoms with van der Waals surface area (Å²) in [7, 11) is 3.17. The Hall–Kier alpha value is -1.28. The lowest BCUT2D eigenvalue weighted by Gasteiger charge is -2.35. The average molecular weight is 328 g/mol. The smallest absolute Gasteiger partial charge is 0.255 e. The molecule has 0 aromatic rings. The molecule has 1 heterocycles. The monoisotopic (exact) mass is 328 g/mol. The summed E-state index contributed by atoms with van der Waals surface area (Å²) in [5.74, 6) is -0.624. The van der Waals surface area contributed by atoms with Crippen molar-refractivity contribution in [2.45, 2.75) is 51.2 Å². The minimum absolute atomic E-state index is 0.251. The van der Waals surface area contributed by atoms with Crippen LogP contribution in [0.4, 0.5) is 0 Å². The SMILES string of the molecule is C=CCC(OC1CCC(=O)NC1=O)N(CCC)CC(OC)OC. The van der Waals surface area contributed by atoms with Gasteiger partial charge in [0, 0.05) is 33.6 Å². The highest BCUT2D eigenvalue weighted by molar-refractivity contribution is 5.99. The first-order chi connectivity index (χ1) is 11.0. The minimum atomic E-state index is -0.624.